The second-order valence-corrected chi connectivity index (χ2v) is 4.98. The topological polar surface area (TPSA) is 50.9 Å². The fourth-order valence-corrected chi connectivity index (χ4v) is 2.03. The minimum Gasteiger partial charge on any atom is -0.369 e. The molecule has 3 nitrogen and oxygen atoms in total. The highest BCUT2D eigenvalue weighted by molar-refractivity contribution is 9.11. The van der Waals surface area contributed by atoms with Gasteiger partial charge in [-0.15, -0.1) is 0 Å². The highest BCUT2D eigenvalue weighted by atomic mass is 79.9. The van der Waals surface area contributed by atoms with Crippen molar-refractivity contribution in [2.75, 3.05) is 18.4 Å². The molecule has 1 rings (SSSR count). The molecule has 1 atom stereocenters. The molecule has 0 aliphatic heterocycles. The van der Waals surface area contributed by atoms with Crippen molar-refractivity contribution < 1.29 is 0 Å². The number of hydrogen-bond donors (Lipinski definition) is 2. The Morgan fingerprint density at radius 1 is 1.57 bits per heavy atom. The van der Waals surface area contributed by atoms with Gasteiger partial charge in [-0.3, -0.25) is 0 Å². The van der Waals surface area contributed by atoms with Gasteiger partial charge in [0.2, 0.25) is 0 Å². The number of hydrogen-bond acceptors (Lipinski definition) is 3. The van der Waals surface area contributed by atoms with E-state index in [-0.39, 0.29) is 0 Å². The number of anilines is 1. The highest BCUT2D eigenvalue weighted by Crippen LogP contribution is 2.23. The first-order valence-electron chi connectivity index (χ1n) is 4.38. The molecule has 0 bridgehead atoms. The maximum atomic E-state index is 5.52. The molecule has 0 fully saturated rings. The quantitative estimate of drug-likeness (QED) is 0.896. The Morgan fingerprint density at radius 3 is 2.86 bits per heavy atom. The second-order valence-electron chi connectivity index (χ2n) is 3.21. The van der Waals surface area contributed by atoms with Gasteiger partial charge in [0.1, 0.15) is 5.82 Å². The van der Waals surface area contributed by atoms with E-state index in [1.54, 1.807) is 6.20 Å². The van der Waals surface area contributed by atoms with Gasteiger partial charge in [0.25, 0.3) is 0 Å². The van der Waals surface area contributed by atoms with Gasteiger partial charge in [-0.05, 0) is 50.4 Å². The lowest BCUT2D eigenvalue weighted by molar-refractivity contribution is 0.627. The van der Waals surface area contributed by atoms with Crippen molar-refractivity contribution in [2.24, 2.45) is 11.7 Å². The van der Waals surface area contributed by atoms with Crippen LogP contribution in [0.4, 0.5) is 5.82 Å². The van der Waals surface area contributed by atoms with Crippen molar-refractivity contribution in [1.82, 2.24) is 4.98 Å². The van der Waals surface area contributed by atoms with Gasteiger partial charge in [0, 0.05) is 17.2 Å². The molecule has 1 aromatic rings. The highest BCUT2D eigenvalue weighted by Gasteiger charge is 2.03. The molecule has 0 aliphatic carbocycles. The van der Waals surface area contributed by atoms with Crippen LogP contribution in [0.2, 0.25) is 0 Å². The summed E-state index contributed by atoms with van der Waals surface area (Å²) in [6, 6.07) is 1.96. The van der Waals surface area contributed by atoms with E-state index in [9.17, 15) is 0 Å². The summed E-state index contributed by atoms with van der Waals surface area (Å²) in [6.07, 6.45) is 1.76. The molecule has 5 heteroatoms. The fraction of sp³-hybridized carbons (Fsp3) is 0.444. The Balaban J connectivity index is 2.59. The molecular weight excluding hydrogens is 310 g/mol. The molecule has 0 aliphatic rings. The van der Waals surface area contributed by atoms with Gasteiger partial charge in [0.05, 0.1) is 4.47 Å². The van der Waals surface area contributed by atoms with Crippen LogP contribution in [0.5, 0.6) is 0 Å². The van der Waals surface area contributed by atoms with Crippen molar-refractivity contribution in [1.29, 1.82) is 0 Å². The zero-order valence-corrected chi connectivity index (χ0v) is 11.1. The zero-order chi connectivity index (χ0) is 10.6. The van der Waals surface area contributed by atoms with E-state index in [1.165, 1.54) is 0 Å². The van der Waals surface area contributed by atoms with E-state index < -0.39 is 0 Å². The van der Waals surface area contributed by atoms with Gasteiger partial charge < -0.3 is 11.1 Å². The van der Waals surface area contributed by atoms with Crippen LogP contribution in [0, 0.1) is 5.92 Å². The van der Waals surface area contributed by atoms with E-state index in [1.807, 2.05) is 6.07 Å². The molecule has 3 N–H and O–H groups in total. The average Bonchev–Trinajstić information content (AvgIpc) is 2.16. The van der Waals surface area contributed by atoms with Crippen LogP contribution >= 0.6 is 31.9 Å². The fourth-order valence-electron chi connectivity index (χ4n) is 0.899. The summed E-state index contributed by atoms with van der Waals surface area (Å²) in [5.74, 6) is 1.31. The summed E-state index contributed by atoms with van der Waals surface area (Å²) in [4.78, 5) is 4.24. The third-order valence-electron chi connectivity index (χ3n) is 1.83. The van der Waals surface area contributed by atoms with Gasteiger partial charge in [-0.2, -0.15) is 0 Å². The first-order valence-corrected chi connectivity index (χ1v) is 5.97. The summed E-state index contributed by atoms with van der Waals surface area (Å²) in [5, 5.41) is 3.23. The molecule has 1 aromatic heterocycles. The molecule has 0 saturated carbocycles. The molecule has 0 saturated heterocycles. The monoisotopic (exact) mass is 321 g/mol. The maximum absolute atomic E-state index is 5.52. The number of nitrogens with two attached hydrogens (primary N) is 1. The minimum absolute atomic E-state index is 0.451. The van der Waals surface area contributed by atoms with Crippen LogP contribution in [0.3, 0.4) is 0 Å². The normalized spacial score (nSPS) is 12.6. The minimum atomic E-state index is 0.451. The van der Waals surface area contributed by atoms with Crippen molar-refractivity contribution in [2.45, 2.75) is 6.92 Å². The largest absolute Gasteiger partial charge is 0.369 e. The standard InChI is InChI=1S/C9H13Br2N3/c1-6(3-12)4-13-9-8(11)2-7(10)5-14-9/h2,5-6H,3-4,12H2,1H3,(H,13,14). The maximum Gasteiger partial charge on any atom is 0.140 e. The molecular formula is C9H13Br2N3. The third-order valence-corrected chi connectivity index (χ3v) is 2.87. The molecule has 1 unspecified atom stereocenters. The molecule has 0 radical (unpaired) electrons. The van der Waals surface area contributed by atoms with Crippen LogP contribution in [-0.4, -0.2) is 18.1 Å². The first-order chi connectivity index (χ1) is 6.63. The van der Waals surface area contributed by atoms with E-state index in [2.05, 4.69) is 49.1 Å². The second kappa shape index (κ2) is 5.68. The third kappa shape index (κ3) is 3.55. The van der Waals surface area contributed by atoms with E-state index >= 15 is 0 Å². The number of rotatable bonds is 4. The number of halogens is 2. The zero-order valence-electron chi connectivity index (χ0n) is 7.93. The summed E-state index contributed by atoms with van der Waals surface area (Å²) < 4.78 is 1.91. The molecule has 78 valence electrons. The van der Waals surface area contributed by atoms with Crippen molar-refractivity contribution in [3.63, 3.8) is 0 Å². The predicted octanol–water partition coefficient (Wildman–Crippen LogP) is 2.61. The Morgan fingerprint density at radius 2 is 2.29 bits per heavy atom. The van der Waals surface area contributed by atoms with Crippen LogP contribution in [-0.2, 0) is 0 Å². The van der Waals surface area contributed by atoms with Crippen LogP contribution in [0.1, 0.15) is 6.92 Å². The van der Waals surface area contributed by atoms with E-state index in [4.69, 9.17) is 5.73 Å². The predicted molar refractivity (Wildman–Crippen MR) is 66.3 cm³/mol. The van der Waals surface area contributed by atoms with Crippen LogP contribution in [0.25, 0.3) is 0 Å². The van der Waals surface area contributed by atoms with Crippen molar-refractivity contribution in [3.8, 4) is 0 Å². The smallest absolute Gasteiger partial charge is 0.140 e. The van der Waals surface area contributed by atoms with E-state index in [0.29, 0.717) is 12.5 Å². The van der Waals surface area contributed by atoms with Gasteiger partial charge in [-0.25, -0.2) is 4.98 Å². The number of nitrogens with one attached hydrogen (secondary N) is 1. The lowest BCUT2D eigenvalue weighted by Crippen LogP contribution is -2.20. The van der Waals surface area contributed by atoms with Gasteiger partial charge in [-0.1, -0.05) is 6.92 Å². The van der Waals surface area contributed by atoms with E-state index in [0.717, 1.165) is 21.3 Å². The lowest BCUT2D eigenvalue weighted by Gasteiger charge is -2.11. The van der Waals surface area contributed by atoms with Crippen LogP contribution < -0.4 is 11.1 Å². The molecule has 1 heterocycles. The summed E-state index contributed by atoms with van der Waals surface area (Å²) in [5.41, 5.74) is 5.52. The van der Waals surface area contributed by atoms with Crippen molar-refractivity contribution >= 4 is 37.7 Å². The SMILES string of the molecule is CC(CN)CNc1ncc(Br)cc1Br. The summed E-state index contributed by atoms with van der Waals surface area (Å²) in [6.45, 7) is 3.62. The number of nitrogens with zero attached hydrogens (tertiary/aromatic N) is 1. The van der Waals surface area contributed by atoms with Gasteiger partial charge >= 0.3 is 0 Å². The first kappa shape index (κ1) is 11.9. The number of aromatic nitrogens is 1. The number of pyridine rings is 1. The molecule has 0 aromatic carbocycles. The van der Waals surface area contributed by atoms with Gasteiger partial charge in [0.15, 0.2) is 0 Å². The Kier molecular flexibility index (Phi) is 4.84. The Hall–Kier alpha value is -0.130. The molecule has 0 amide bonds. The summed E-state index contributed by atoms with van der Waals surface area (Å²) in [7, 11) is 0. The van der Waals surface area contributed by atoms with Crippen molar-refractivity contribution in [3.05, 3.63) is 21.2 Å². The molecule has 0 spiro atoms. The van der Waals surface area contributed by atoms with Crippen LogP contribution in [0.15, 0.2) is 21.2 Å². The average molecular weight is 323 g/mol. The Labute approximate surface area is 101 Å². The summed E-state index contributed by atoms with van der Waals surface area (Å²) >= 11 is 6.78. The lowest BCUT2D eigenvalue weighted by atomic mass is 10.2. The molecule has 14 heavy (non-hydrogen) atoms. The Bertz CT molecular complexity index is 304.